The second-order valence-electron chi connectivity index (χ2n) is 4.82. The fraction of sp³-hybridized carbons (Fsp3) is 0.333. The number of hydrogen-bond acceptors (Lipinski definition) is 3. The first-order valence-electron chi connectivity index (χ1n) is 6.25. The van der Waals surface area contributed by atoms with E-state index in [2.05, 4.69) is 0 Å². The molecule has 0 saturated heterocycles. The smallest absolute Gasteiger partial charge is 0.120 e. The van der Waals surface area contributed by atoms with Crippen LogP contribution in [0.2, 0.25) is 4.34 Å². The predicted molar refractivity (Wildman–Crippen MR) is 82.3 cm³/mol. The number of benzene rings is 1. The fourth-order valence-corrected chi connectivity index (χ4v) is 3.10. The summed E-state index contributed by atoms with van der Waals surface area (Å²) in [6, 6.07) is 9.81. The van der Waals surface area contributed by atoms with Crippen molar-refractivity contribution in [3.05, 3.63) is 50.7 Å². The quantitative estimate of drug-likeness (QED) is 0.898. The summed E-state index contributed by atoms with van der Waals surface area (Å²) in [6.07, 6.45) is 0.157. The molecule has 2 nitrogen and oxygen atoms in total. The number of ether oxygens (including phenoxy) is 1. The summed E-state index contributed by atoms with van der Waals surface area (Å²) >= 11 is 7.64. The molecule has 0 bridgehead atoms. The van der Waals surface area contributed by atoms with E-state index in [1.54, 1.807) is 0 Å². The van der Waals surface area contributed by atoms with Crippen LogP contribution in [0.15, 0.2) is 30.3 Å². The van der Waals surface area contributed by atoms with Crippen LogP contribution in [0.1, 0.15) is 35.9 Å². The summed E-state index contributed by atoms with van der Waals surface area (Å²) in [5, 5.41) is 0. The van der Waals surface area contributed by atoms with Gasteiger partial charge in [-0.25, -0.2) is 0 Å². The molecule has 0 aliphatic heterocycles. The minimum atomic E-state index is -0.160. The largest absolute Gasteiger partial charge is 0.491 e. The lowest BCUT2D eigenvalue weighted by Gasteiger charge is -2.14. The van der Waals surface area contributed by atoms with E-state index < -0.39 is 0 Å². The molecule has 4 heteroatoms. The van der Waals surface area contributed by atoms with Crippen LogP contribution in [0.4, 0.5) is 0 Å². The number of nitrogens with two attached hydrogens (primary N) is 1. The van der Waals surface area contributed by atoms with Crippen molar-refractivity contribution in [2.45, 2.75) is 32.9 Å². The number of rotatable bonds is 4. The first kappa shape index (κ1) is 14.4. The van der Waals surface area contributed by atoms with Gasteiger partial charge >= 0.3 is 0 Å². The first-order valence-corrected chi connectivity index (χ1v) is 7.45. The topological polar surface area (TPSA) is 35.2 Å². The summed E-state index contributed by atoms with van der Waals surface area (Å²) in [6.45, 7) is 6.01. The lowest BCUT2D eigenvalue weighted by Crippen LogP contribution is -2.11. The Hall–Kier alpha value is -1.03. The minimum absolute atomic E-state index is 0.157. The molecule has 1 aromatic carbocycles. The zero-order valence-corrected chi connectivity index (χ0v) is 12.9. The van der Waals surface area contributed by atoms with Crippen LogP contribution in [0.5, 0.6) is 5.75 Å². The van der Waals surface area contributed by atoms with E-state index in [-0.39, 0.29) is 12.1 Å². The molecule has 0 saturated carbocycles. The molecule has 0 fully saturated rings. The maximum absolute atomic E-state index is 6.29. The van der Waals surface area contributed by atoms with E-state index in [1.807, 2.05) is 51.1 Å². The van der Waals surface area contributed by atoms with Gasteiger partial charge in [0.2, 0.25) is 0 Å². The molecule has 2 N–H and O–H groups in total. The second kappa shape index (κ2) is 5.95. The van der Waals surface area contributed by atoms with Crippen molar-refractivity contribution in [2.75, 3.05) is 0 Å². The monoisotopic (exact) mass is 295 g/mol. The molecule has 0 radical (unpaired) electrons. The van der Waals surface area contributed by atoms with Crippen LogP contribution in [0.25, 0.3) is 0 Å². The van der Waals surface area contributed by atoms with E-state index in [0.29, 0.717) is 0 Å². The van der Waals surface area contributed by atoms with Crippen molar-refractivity contribution in [3.8, 4) is 5.75 Å². The zero-order chi connectivity index (χ0) is 14.0. The standard InChI is InChI=1S/C15H18ClNOS/c1-9(2)18-12-6-4-5-11(8-12)14(17)13-7-10(3)15(16)19-13/h4-9,14H,17H2,1-3H3. The Kier molecular flexibility index (Phi) is 4.50. The summed E-state index contributed by atoms with van der Waals surface area (Å²) in [4.78, 5) is 1.07. The number of halogens is 1. The minimum Gasteiger partial charge on any atom is -0.491 e. The van der Waals surface area contributed by atoms with Crippen LogP contribution in [0.3, 0.4) is 0 Å². The Labute approximate surface area is 123 Å². The Morgan fingerprint density at radius 3 is 2.58 bits per heavy atom. The third kappa shape index (κ3) is 3.50. The Morgan fingerprint density at radius 1 is 1.26 bits per heavy atom. The Bertz CT molecular complexity index is 546. The van der Waals surface area contributed by atoms with Crippen molar-refractivity contribution in [1.82, 2.24) is 0 Å². The molecular weight excluding hydrogens is 278 g/mol. The molecular formula is C15H18ClNOS. The van der Waals surface area contributed by atoms with Crippen molar-refractivity contribution in [3.63, 3.8) is 0 Å². The van der Waals surface area contributed by atoms with E-state index in [0.717, 1.165) is 26.1 Å². The summed E-state index contributed by atoms with van der Waals surface area (Å²) in [5.74, 6) is 0.849. The van der Waals surface area contributed by atoms with Crippen molar-refractivity contribution in [1.29, 1.82) is 0 Å². The van der Waals surface area contributed by atoms with Crippen LogP contribution >= 0.6 is 22.9 Å². The molecule has 0 amide bonds. The molecule has 0 spiro atoms. The van der Waals surface area contributed by atoms with Crippen LogP contribution in [-0.2, 0) is 0 Å². The highest BCUT2D eigenvalue weighted by Gasteiger charge is 2.14. The highest BCUT2D eigenvalue weighted by Crippen LogP contribution is 2.33. The molecule has 0 aliphatic rings. The third-order valence-corrected chi connectivity index (χ3v) is 4.41. The number of thiophene rings is 1. The summed E-state index contributed by atoms with van der Waals surface area (Å²) < 4.78 is 6.50. The molecule has 2 aromatic rings. The summed E-state index contributed by atoms with van der Waals surface area (Å²) in [5.41, 5.74) is 8.41. The van der Waals surface area contributed by atoms with Gasteiger partial charge in [-0.2, -0.15) is 0 Å². The van der Waals surface area contributed by atoms with Crippen LogP contribution in [0, 0.1) is 6.92 Å². The second-order valence-corrected chi connectivity index (χ2v) is 6.51. The Balaban J connectivity index is 2.25. The number of aryl methyl sites for hydroxylation is 1. The van der Waals surface area contributed by atoms with Gasteiger partial charge in [-0.3, -0.25) is 0 Å². The highest BCUT2D eigenvalue weighted by molar-refractivity contribution is 7.16. The van der Waals surface area contributed by atoms with Gasteiger partial charge in [0.25, 0.3) is 0 Å². The van der Waals surface area contributed by atoms with Crippen molar-refractivity contribution in [2.24, 2.45) is 5.73 Å². The van der Waals surface area contributed by atoms with E-state index >= 15 is 0 Å². The fourth-order valence-electron chi connectivity index (χ4n) is 1.85. The van der Waals surface area contributed by atoms with Crippen molar-refractivity contribution >= 4 is 22.9 Å². The molecule has 1 heterocycles. The molecule has 1 atom stereocenters. The van der Waals surface area contributed by atoms with Crippen LogP contribution in [-0.4, -0.2) is 6.10 Å². The van der Waals surface area contributed by atoms with Gasteiger partial charge in [0, 0.05) is 4.88 Å². The van der Waals surface area contributed by atoms with Gasteiger partial charge in [0.1, 0.15) is 5.75 Å². The molecule has 1 unspecified atom stereocenters. The highest BCUT2D eigenvalue weighted by atomic mass is 35.5. The third-order valence-electron chi connectivity index (χ3n) is 2.77. The van der Waals surface area contributed by atoms with Gasteiger partial charge in [-0.1, -0.05) is 23.7 Å². The Morgan fingerprint density at radius 2 is 2.00 bits per heavy atom. The van der Waals surface area contributed by atoms with Gasteiger partial charge in [0.15, 0.2) is 0 Å². The first-order chi connectivity index (χ1) is 8.97. The van der Waals surface area contributed by atoms with E-state index in [1.165, 1.54) is 11.3 Å². The van der Waals surface area contributed by atoms with Gasteiger partial charge in [-0.15, -0.1) is 11.3 Å². The lowest BCUT2D eigenvalue weighted by atomic mass is 10.1. The summed E-state index contributed by atoms with van der Waals surface area (Å²) in [7, 11) is 0. The predicted octanol–water partition coefficient (Wildman–Crippen LogP) is 4.55. The molecule has 2 rings (SSSR count). The lowest BCUT2D eigenvalue weighted by molar-refractivity contribution is 0.242. The molecule has 19 heavy (non-hydrogen) atoms. The zero-order valence-electron chi connectivity index (χ0n) is 11.3. The molecule has 0 aliphatic carbocycles. The van der Waals surface area contributed by atoms with Crippen LogP contribution < -0.4 is 10.5 Å². The molecule has 1 aromatic heterocycles. The normalized spacial score (nSPS) is 12.7. The maximum Gasteiger partial charge on any atom is 0.120 e. The molecule has 102 valence electrons. The van der Waals surface area contributed by atoms with Gasteiger partial charge in [-0.05, 0) is 50.1 Å². The SMILES string of the molecule is Cc1cc(C(N)c2cccc(OC(C)C)c2)sc1Cl. The average molecular weight is 296 g/mol. The van der Waals surface area contributed by atoms with E-state index in [4.69, 9.17) is 22.1 Å². The van der Waals surface area contributed by atoms with Crippen molar-refractivity contribution < 1.29 is 4.74 Å². The van der Waals surface area contributed by atoms with Gasteiger partial charge < -0.3 is 10.5 Å². The number of hydrogen-bond donors (Lipinski definition) is 1. The maximum atomic E-state index is 6.29. The average Bonchev–Trinajstić information content (AvgIpc) is 2.68. The van der Waals surface area contributed by atoms with Gasteiger partial charge in [0.05, 0.1) is 16.5 Å². The van der Waals surface area contributed by atoms with E-state index in [9.17, 15) is 0 Å².